The van der Waals surface area contributed by atoms with Crippen molar-refractivity contribution in [2.24, 2.45) is 0 Å². The Bertz CT molecular complexity index is 694. The summed E-state index contributed by atoms with van der Waals surface area (Å²) in [4.78, 5) is 10.4. The van der Waals surface area contributed by atoms with Gasteiger partial charge in [0.2, 0.25) is 0 Å². The standard InChI is InChI=1S/C17H17NO3/c1-12-10-15(18(19)20)7-9-17(12)21-16-8-6-13-4-2-3-5-14(13)11-16/h6-11H,2-5H2,1H3. The Morgan fingerprint density at radius 3 is 2.52 bits per heavy atom. The Morgan fingerprint density at radius 2 is 1.81 bits per heavy atom. The summed E-state index contributed by atoms with van der Waals surface area (Å²) in [6.45, 7) is 1.82. The summed E-state index contributed by atoms with van der Waals surface area (Å²) in [5.74, 6) is 1.46. The topological polar surface area (TPSA) is 52.4 Å². The van der Waals surface area contributed by atoms with Crippen LogP contribution in [0.5, 0.6) is 11.5 Å². The van der Waals surface area contributed by atoms with Gasteiger partial charge >= 0.3 is 0 Å². The summed E-state index contributed by atoms with van der Waals surface area (Å²) in [5.41, 5.74) is 3.62. The van der Waals surface area contributed by atoms with Gasteiger partial charge in [0.25, 0.3) is 5.69 Å². The number of hydrogen-bond donors (Lipinski definition) is 0. The van der Waals surface area contributed by atoms with Crippen LogP contribution in [0.4, 0.5) is 5.69 Å². The maximum absolute atomic E-state index is 10.7. The van der Waals surface area contributed by atoms with Crippen LogP contribution < -0.4 is 4.74 Å². The predicted octanol–water partition coefficient (Wildman–Crippen LogP) is 4.57. The first-order valence-corrected chi connectivity index (χ1v) is 7.18. The molecule has 0 amide bonds. The van der Waals surface area contributed by atoms with Crippen molar-refractivity contribution < 1.29 is 9.66 Å². The first kappa shape index (κ1) is 13.6. The zero-order chi connectivity index (χ0) is 14.8. The third-order valence-corrected chi connectivity index (χ3v) is 3.92. The van der Waals surface area contributed by atoms with Gasteiger partial charge in [-0.05, 0) is 67.5 Å². The van der Waals surface area contributed by atoms with E-state index in [0.717, 1.165) is 24.2 Å². The van der Waals surface area contributed by atoms with E-state index >= 15 is 0 Å². The predicted molar refractivity (Wildman–Crippen MR) is 81.0 cm³/mol. The molecule has 4 nitrogen and oxygen atoms in total. The zero-order valence-electron chi connectivity index (χ0n) is 12.0. The number of ether oxygens (including phenoxy) is 1. The number of aryl methyl sites for hydroxylation is 3. The number of nitrogens with zero attached hydrogens (tertiary/aromatic N) is 1. The van der Waals surface area contributed by atoms with Gasteiger partial charge in [-0.15, -0.1) is 0 Å². The lowest BCUT2D eigenvalue weighted by Gasteiger charge is -2.17. The smallest absolute Gasteiger partial charge is 0.269 e. The quantitative estimate of drug-likeness (QED) is 0.612. The summed E-state index contributed by atoms with van der Waals surface area (Å²) in [7, 11) is 0. The highest BCUT2D eigenvalue weighted by Gasteiger charge is 2.12. The number of fused-ring (bicyclic) bond motifs is 1. The Labute approximate surface area is 123 Å². The molecule has 1 aliphatic rings. The van der Waals surface area contributed by atoms with Gasteiger partial charge in [-0.2, -0.15) is 0 Å². The third-order valence-electron chi connectivity index (χ3n) is 3.92. The van der Waals surface area contributed by atoms with Crippen LogP contribution in [0.15, 0.2) is 36.4 Å². The van der Waals surface area contributed by atoms with Crippen LogP contribution in [-0.4, -0.2) is 4.92 Å². The fraction of sp³-hybridized carbons (Fsp3) is 0.294. The summed E-state index contributed by atoms with van der Waals surface area (Å²) >= 11 is 0. The zero-order valence-corrected chi connectivity index (χ0v) is 12.0. The lowest BCUT2D eigenvalue weighted by Crippen LogP contribution is -2.02. The van der Waals surface area contributed by atoms with Crippen molar-refractivity contribution in [3.8, 4) is 11.5 Å². The highest BCUT2D eigenvalue weighted by atomic mass is 16.6. The van der Waals surface area contributed by atoms with Crippen molar-refractivity contribution in [3.63, 3.8) is 0 Å². The van der Waals surface area contributed by atoms with E-state index in [-0.39, 0.29) is 5.69 Å². The Morgan fingerprint density at radius 1 is 1.05 bits per heavy atom. The van der Waals surface area contributed by atoms with Crippen LogP contribution >= 0.6 is 0 Å². The number of benzene rings is 2. The van der Waals surface area contributed by atoms with Crippen molar-refractivity contribution in [2.45, 2.75) is 32.6 Å². The molecule has 108 valence electrons. The molecule has 1 aliphatic carbocycles. The summed E-state index contributed by atoms with van der Waals surface area (Å²) in [6.07, 6.45) is 4.74. The highest BCUT2D eigenvalue weighted by molar-refractivity contribution is 5.46. The van der Waals surface area contributed by atoms with E-state index in [0.29, 0.717) is 5.75 Å². The fourth-order valence-electron chi connectivity index (χ4n) is 2.76. The average molecular weight is 283 g/mol. The minimum atomic E-state index is -0.393. The molecule has 0 bridgehead atoms. The Kier molecular flexibility index (Phi) is 3.60. The number of non-ortho nitro benzene ring substituents is 1. The first-order valence-electron chi connectivity index (χ1n) is 7.18. The van der Waals surface area contributed by atoms with Crippen LogP contribution in [0.2, 0.25) is 0 Å². The van der Waals surface area contributed by atoms with Gasteiger partial charge in [-0.25, -0.2) is 0 Å². The number of nitro benzene ring substituents is 1. The average Bonchev–Trinajstić information content (AvgIpc) is 2.49. The van der Waals surface area contributed by atoms with E-state index in [9.17, 15) is 10.1 Å². The molecule has 0 atom stereocenters. The van der Waals surface area contributed by atoms with Crippen molar-refractivity contribution in [1.29, 1.82) is 0 Å². The molecule has 0 heterocycles. The van der Waals surface area contributed by atoms with Crippen molar-refractivity contribution in [2.75, 3.05) is 0 Å². The molecule has 2 aromatic carbocycles. The maximum Gasteiger partial charge on any atom is 0.269 e. The third kappa shape index (κ3) is 2.89. The monoisotopic (exact) mass is 283 g/mol. The van der Waals surface area contributed by atoms with Gasteiger partial charge in [0.1, 0.15) is 11.5 Å². The van der Waals surface area contributed by atoms with Gasteiger partial charge in [0.05, 0.1) is 4.92 Å². The molecule has 0 saturated carbocycles. The normalized spacial score (nSPS) is 13.6. The Hall–Kier alpha value is -2.36. The molecule has 2 aromatic rings. The minimum absolute atomic E-state index is 0.0882. The number of rotatable bonds is 3. The largest absolute Gasteiger partial charge is 0.457 e. The number of hydrogen-bond acceptors (Lipinski definition) is 3. The van der Waals surface area contributed by atoms with Crippen LogP contribution in [-0.2, 0) is 12.8 Å². The van der Waals surface area contributed by atoms with Gasteiger partial charge in [-0.3, -0.25) is 10.1 Å². The summed E-state index contributed by atoms with van der Waals surface area (Å²) in [5, 5.41) is 10.7. The van der Waals surface area contributed by atoms with Crippen molar-refractivity contribution in [3.05, 3.63) is 63.2 Å². The molecule has 0 N–H and O–H groups in total. The molecule has 0 spiro atoms. The molecule has 0 aromatic heterocycles. The maximum atomic E-state index is 10.7. The van der Waals surface area contributed by atoms with Crippen LogP contribution in [0, 0.1) is 17.0 Å². The van der Waals surface area contributed by atoms with Gasteiger partial charge in [0, 0.05) is 12.1 Å². The van der Waals surface area contributed by atoms with Gasteiger partial charge < -0.3 is 4.74 Å². The lowest BCUT2D eigenvalue weighted by molar-refractivity contribution is -0.384. The van der Waals surface area contributed by atoms with E-state index in [2.05, 4.69) is 12.1 Å². The summed E-state index contributed by atoms with van der Waals surface area (Å²) < 4.78 is 5.89. The molecule has 0 unspecified atom stereocenters. The van der Waals surface area contributed by atoms with E-state index in [1.54, 1.807) is 6.07 Å². The van der Waals surface area contributed by atoms with Crippen LogP contribution in [0.1, 0.15) is 29.5 Å². The van der Waals surface area contributed by atoms with Gasteiger partial charge in [-0.1, -0.05) is 6.07 Å². The molecule has 4 heteroatoms. The highest BCUT2D eigenvalue weighted by Crippen LogP contribution is 2.31. The molecule has 21 heavy (non-hydrogen) atoms. The lowest BCUT2D eigenvalue weighted by atomic mass is 9.92. The van der Waals surface area contributed by atoms with E-state index in [1.807, 2.05) is 13.0 Å². The second kappa shape index (κ2) is 5.56. The van der Waals surface area contributed by atoms with E-state index in [4.69, 9.17) is 4.74 Å². The van der Waals surface area contributed by atoms with Crippen molar-refractivity contribution >= 4 is 5.69 Å². The SMILES string of the molecule is Cc1cc([N+](=O)[O-])ccc1Oc1ccc2c(c1)CCCC2. The van der Waals surface area contributed by atoms with E-state index in [1.165, 1.54) is 36.1 Å². The second-order valence-corrected chi connectivity index (χ2v) is 5.45. The van der Waals surface area contributed by atoms with Crippen LogP contribution in [0.25, 0.3) is 0 Å². The molecule has 0 saturated heterocycles. The van der Waals surface area contributed by atoms with Crippen molar-refractivity contribution in [1.82, 2.24) is 0 Å². The minimum Gasteiger partial charge on any atom is -0.457 e. The molecule has 3 rings (SSSR count). The first-order chi connectivity index (χ1) is 10.1. The molecular formula is C17H17NO3. The van der Waals surface area contributed by atoms with E-state index < -0.39 is 4.92 Å². The summed E-state index contributed by atoms with van der Waals surface area (Å²) in [6, 6.07) is 10.9. The van der Waals surface area contributed by atoms with Crippen LogP contribution in [0.3, 0.4) is 0 Å². The molecule has 0 fully saturated rings. The second-order valence-electron chi connectivity index (χ2n) is 5.45. The molecule has 0 radical (unpaired) electrons. The molecule has 0 aliphatic heterocycles. The fourth-order valence-corrected chi connectivity index (χ4v) is 2.76. The molecular weight excluding hydrogens is 266 g/mol. The van der Waals surface area contributed by atoms with Gasteiger partial charge in [0.15, 0.2) is 0 Å². The number of nitro groups is 1. The Balaban J connectivity index is 1.85.